The highest BCUT2D eigenvalue weighted by Crippen LogP contribution is 2.35. The summed E-state index contributed by atoms with van der Waals surface area (Å²) in [4.78, 5) is 41.5. The highest BCUT2D eigenvalue weighted by Gasteiger charge is 2.45. The molecule has 2 saturated carbocycles. The molecule has 1 heterocycles. The molecule has 0 spiro atoms. The smallest absolute Gasteiger partial charge is 0.269 e. The summed E-state index contributed by atoms with van der Waals surface area (Å²) in [5.74, 6) is 1.54. The fraction of sp³-hybridized carbons (Fsp3) is 0.714. The van der Waals surface area contributed by atoms with E-state index in [2.05, 4.69) is 24.1 Å². The van der Waals surface area contributed by atoms with Crippen molar-refractivity contribution >= 4 is 17.5 Å². The molecular weight excluding hydrogens is 470 g/mol. The standard InChI is InChI=1S/C28H43N5O4/c1-19(2)16-31(17-20-6-10-24(11-7-20)33(36)37)25-13-26(32(18-25)28(35)23-8-9-23)27(34)30-15-22-5-3-4-21(12-22)14-29/h6-7,10-11,19,21-23,25-26H,3-5,8-9,12-18,29H2,1-2H3,(H,30,34). The van der Waals surface area contributed by atoms with Gasteiger partial charge in [0.15, 0.2) is 0 Å². The molecule has 4 atom stereocenters. The number of nitro groups is 1. The molecule has 0 aromatic heterocycles. The lowest BCUT2D eigenvalue weighted by Crippen LogP contribution is -2.47. The molecule has 3 N–H and O–H groups in total. The summed E-state index contributed by atoms with van der Waals surface area (Å²) in [7, 11) is 0. The Morgan fingerprint density at radius 3 is 2.46 bits per heavy atom. The Balaban J connectivity index is 1.44. The van der Waals surface area contributed by atoms with Crippen LogP contribution in [0.3, 0.4) is 0 Å². The molecule has 0 bridgehead atoms. The summed E-state index contributed by atoms with van der Waals surface area (Å²) in [5, 5.41) is 14.2. The van der Waals surface area contributed by atoms with Gasteiger partial charge in [-0.05, 0) is 68.4 Å². The summed E-state index contributed by atoms with van der Waals surface area (Å²) >= 11 is 0. The fourth-order valence-corrected chi connectivity index (χ4v) is 6.07. The second-order valence-corrected chi connectivity index (χ2v) is 11.8. The van der Waals surface area contributed by atoms with Crippen molar-refractivity contribution in [1.82, 2.24) is 15.1 Å². The lowest BCUT2D eigenvalue weighted by molar-refractivity contribution is -0.384. The average Bonchev–Trinajstić information content (AvgIpc) is 3.64. The number of likely N-dealkylation sites (tertiary alicyclic amines) is 1. The molecule has 2 aliphatic carbocycles. The second kappa shape index (κ2) is 12.3. The van der Waals surface area contributed by atoms with Crippen molar-refractivity contribution in [2.24, 2.45) is 29.4 Å². The molecule has 2 amide bonds. The number of rotatable bonds is 11. The van der Waals surface area contributed by atoms with Crippen molar-refractivity contribution < 1.29 is 14.5 Å². The van der Waals surface area contributed by atoms with Crippen LogP contribution in [0.2, 0.25) is 0 Å². The van der Waals surface area contributed by atoms with Crippen molar-refractivity contribution in [3.8, 4) is 0 Å². The third-order valence-corrected chi connectivity index (χ3v) is 8.23. The number of benzene rings is 1. The maximum absolute atomic E-state index is 13.4. The van der Waals surface area contributed by atoms with E-state index in [-0.39, 0.29) is 34.4 Å². The summed E-state index contributed by atoms with van der Waals surface area (Å²) in [6.07, 6.45) is 6.95. The number of nitrogens with two attached hydrogens (primary N) is 1. The molecular formula is C28H43N5O4. The van der Waals surface area contributed by atoms with Gasteiger partial charge < -0.3 is 16.0 Å². The largest absolute Gasteiger partial charge is 0.354 e. The second-order valence-electron chi connectivity index (χ2n) is 11.8. The van der Waals surface area contributed by atoms with E-state index in [9.17, 15) is 19.7 Å². The number of carbonyl (C=O) groups excluding carboxylic acids is 2. The molecule has 4 rings (SSSR count). The summed E-state index contributed by atoms with van der Waals surface area (Å²) in [6, 6.07) is 6.30. The molecule has 9 nitrogen and oxygen atoms in total. The van der Waals surface area contributed by atoms with Crippen LogP contribution in [0, 0.1) is 33.8 Å². The number of non-ortho nitro benzene ring substituents is 1. The Kier molecular flexibility index (Phi) is 9.18. The number of amides is 2. The number of hydrogen-bond donors (Lipinski definition) is 2. The van der Waals surface area contributed by atoms with Crippen LogP contribution in [-0.4, -0.2) is 64.8 Å². The highest BCUT2D eigenvalue weighted by molar-refractivity contribution is 5.90. The minimum absolute atomic E-state index is 0.0359. The van der Waals surface area contributed by atoms with Crippen molar-refractivity contribution in [2.45, 2.75) is 77.4 Å². The molecule has 204 valence electrons. The number of carbonyl (C=O) groups is 2. The predicted molar refractivity (Wildman–Crippen MR) is 142 cm³/mol. The summed E-state index contributed by atoms with van der Waals surface area (Å²) in [5.41, 5.74) is 6.96. The number of nitro benzene ring substituents is 1. The number of nitrogens with zero attached hydrogens (tertiary/aromatic N) is 3. The van der Waals surface area contributed by atoms with Crippen LogP contribution in [0.15, 0.2) is 24.3 Å². The first-order valence-corrected chi connectivity index (χ1v) is 14.0. The minimum Gasteiger partial charge on any atom is -0.354 e. The SMILES string of the molecule is CC(C)CN(Cc1ccc([N+](=O)[O-])cc1)C1CC(C(=O)NCC2CCCC(CN)C2)N(C(=O)C2CC2)C1. The van der Waals surface area contributed by atoms with Crippen LogP contribution < -0.4 is 11.1 Å². The van der Waals surface area contributed by atoms with E-state index in [0.717, 1.165) is 44.2 Å². The van der Waals surface area contributed by atoms with Gasteiger partial charge in [0, 0.05) is 50.3 Å². The lowest BCUT2D eigenvalue weighted by atomic mass is 9.81. The van der Waals surface area contributed by atoms with Crippen LogP contribution in [0.25, 0.3) is 0 Å². The van der Waals surface area contributed by atoms with Gasteiger partial charge in [0.25, 0.3) is 5.69 Å². The van der Waals surface area contributed by atoms with Crippen LogP contribution in [0.5, 0.6) is 0 Å². The molecule has 1 aliphatic heterocycles. The summed E-state index contributed by atoms with van der Waals surface area (Å²) < 4.78 is 0. The Labute approximate surface area is 220 Å². The normalized spacial score (nSPS) is 26.0. The first-order valence-electron chi connectivity index (χ1n) is 14.0. The van der Waals surface area contributed by atoms with E-state index in [0.29, 0.717) is 50.4 Å². The zero-order valence-corrected chi connectivity index (χ0v) is 22.3. The van der Waals surface area contributed by atoms with E-state index in [1.54, 1.807) is 12.1 Å². The van der Waals surface area contributed by atoms with Gasteiger partial charge in [0.1, 0.15) is 6.04 Å². The quantitative estimate of drug-likeness (QED) is 0.346. The molecule has 9 heteroatoms. The molecule has 3 fully saturated rings. The monoisotopic (exact) mass is 513 g/mol. The van der Waals surface area contributed by atoms with Gasteiger partial charge in [-0.2, -0.15) is 0 Å². The third kappa shape index (κ3) is 7.29. The predicted octanol–water partition coefficient (Wildman–Crippen LogP) is 3.31. The first kappa shape index (κ1) is 27.5. The van der Waals surface area contributed by atoms with Crippen molar-refractivity contribution in [1.29, 1.82) is 0 Å². The third-order valence-electron chi connectivity index (χ3n) is 8.23. The molecule has 4 unspecified atom stereocenters. The molecule has 0 radical (unpaired) electrons. The topological polar surface area (TPSA) is 122 Å². The van der Waals surface area contributed by atoms with Gasteiger partial charge in [-0.1, -0.05) is 32.4 Å². The Bertz CT molecular complexity index is 948. The molecule has 3 aliphatic rings. The van der Waals surface area contributed by atoms with Gasteiger partial charge in [0.2, 0.25) is 11.8 Å². The van der Waals surface area contributed by atoms with Gasteiger partial charge in [-0.3, -0.25) is 24.6 Å². The molecule has 37 heavy (non-hydrogen) atoms. The summed E-state index contributed by atoms with van der Waals surface area (Å²) in [6.45, 7) is 7.68. The lowest BCUT2D eigenvalue weighted by Gasteiger charge is -2.30. The maximum Gasteiger partial charge on any atom is 0.269 e. The minimum atomic E-state index is -0.446. The fourth-order valence-electron chi connectivity index (χ4n) is 6.07. The highest BCUT2D eigenvalue weighted by atomic mass is 16.6. The van der Waals surface area contributed by atoms with Crippen molar-refractivity contribution in [3.05, 3.63) is 39.9 Å². The van der Waals surface area contributed by atoms with E-state index < -0.39 is 6.04 Å². The molecule has 1 saturated heterocycles. The molecule has 1 aromatic carbocycles. The zero-order valence-electron chi connectivity index (χ0n) is 22.3. The average molecular weight is 514 g/mol. The van der Waals surface area contributed by atoms with Gasteiger partial charge in [0.05, 0.1) is 4.92 Å². The van der Waals surface area contributed by atoms with E-state index in [4.69, 9.17) is 5.73 Å². The first-order chi connectivity index (χ1) is 17.7. The van der Waals surface area contributed by atoms with Crippen LogP contribution in [-0.2, 0) is 16.1 Å². The van der Waals surface area contributed by atoms with Crippen molar-refractivity contribution in [3.63, 3.8) is 0 Å². The Morgan fingerprint density at radius 1 is 1.14 bits per heavy atom. The Hall–Kier alpha value is -2.52. The van der Waals surface area contributed by atoms with Crippen LogP contribution in [0.4, 0.5) is 5.69 Å². The van der Waals surface area contributed by atoms with Crippen molar-refractivity contribution in [2.75, 3.05) is 26.2 Å². The van der Waals surface area contributed by atoms with Gasteiger partial charge in [-0.25, -0.2) is 0 Å². The van der Waals surface area contributed by atoms with Gasteiger partial charge >= 0.3 is 0 Å². The molecule has 1 aromatic rings. The number of nitrogens with one attached hydrogen (secondary N) is 1. The van der Waals surface area contributed by atoms with E-state index in [1.165, 1.54) is 18.6 Å². The zero-order chi connectivity index (χ0) is 26.5. The number of hydrogen-bond acceptors (Lipinski definition) is 6. The van der Waals surface area contributed by atoms with Gasteiger partial charge in [-0.15, -0.1) is 0 Å². The van der Waals surface area contributed by atoms with Crippen LogP contribution in [0.1, 0.15) is 64.4 Å². The maximum atomic E-state index is 13.4. The Morgan fingerprint density at radius 2 is 1.84 bits per heavy atom. The van der Waals surface area contributed by atoms with Crippen LogP contribution >= 0.6 is 0 Å². The van der Waals surface area contributed by atoms with E-state index >= 15 is 0 Å². The van der Waals surface area contributed by atoms with E-state index in [1.807, 2.05) is 4.90 Å².